The van der Waals surface area contributed by atoms with Crippen LogP contribution >= 0.6 is 23.2 Å². The molecule has 1 atom stereocenters. The lowest BCUT2D eigenvalue weighted by Gasteiger charge is -2.20. The molecular formula is C18H20Cl2N2O. The Balaban J connectivity index is 1.88. The highest BCUT2D eigenvalue weighted by molar-refractivity contribution is 6.35. The van der Waals surface area contributed by atoms with E-state index in [9.17, 15) is 4.79 Å². The molecule has 0 aliphatic carbocycles. The lowest BCUT2D eigenvalue weighted by molar-refractivity contribution is -0.122. The maximum absolute atomic E-state index is 12.2. The molecule has 0 heterocycles. The minimum atomic E-state index is -0.169. The molecule has 0 saturated heterocycles. The van der Waals surface area contributed by atoms with Gasteiger partial charge in [-0.3, -0.25) is 9.69 Å². The highest BCUT2D eigenvalue weighted by Crippen LogP contribution is 2.25. The molecule has 1 amide bonds. The molecule has 1 N–H and O–H groups in total. The topological polar surface area (TPSA) is 32.3 Å². The summed E-state index contributed by atoms with van der Waals surface area (Å²) in [4.78, 5) is 14.2. The van der Waals surface area contributed by atoms with Gasteiger partial charge in [0, 0.05) is 16.6 Å². The first-order valence-corrected chi connectivity index (χ1v) is 8.18. The number of rotatable bonds is 6. The fourth-order valence-corrected chi connectivity index (χ4v) is 2.99. The number of amides is 1. The van der Waals surface area contributed by atoms with Crippen LogP contribution in [-0.4, -0.2) is 24.4 Å². The number of hydrogen-bond donors (Lipinski definition) is 1. The molecule has 23 heavy (non-hydrogen) atoms. The monoisotopic (exact) mass is 350 g/mol. The van der Waals surface area contributed by atoms with Crippen molar-refractivity contribution in [1.29, 1.82) is 0 Å². The van der Waals surface area contributed by atoms with Crippen LogP contribution in [0.15, 0.2) is 48.5 Å². The number of nitrogens with one attached hydrogen (secondary N) is 1. The van der Waals surface area contributed by atoms with Crippen molar-refractivity contribution in [2.45, 2.75) is 19.5 Å². The first-order valence-electron chi connectivity index (χ1n) is 7.42. The first-order chi connectivity index (χ1) is 11.0. The van der Waals surface area contributed by atoms with E-state index in [1.807, 2.05) is 55.3 Å². The Morgan fingerprint density at radius 2 is 1.87 bits per heavy atom. The Labute approximate surface area is 147 Å². The quantitative estimate of drug-likeness (QED) is 0.842. The van der Waals surface area contributed by atoms with Crippen LogP contribution < -0.4 is 5.32 Å². The van der Waals surface area contributed by atoms with E-state index in [2.05, 4.69) is 5.32 Å². The lowest BCUT2D eigenvalue weighted by Crippen LogP contribution is -2.36. The van der Waals surface area contributed by atoms with Crippen molar-refractivity contribution >= 4 is 29.1 Å². The number of carbonyl (C=O) groups excluding carboxylic acids is 1. The summed E-state index contributed by atoms with van der Waals surface area (Å²) in [5.74, 6) is -0.0399. The second-order valence-corrected chi connectivity index (χ2v) is 6.46. The van der Waals surface area contributed by atoms with Crippen LogP contribution in [0.1, 0.15) is 24.1 Å². The lowest BCUT2D eigenvalue weighted by atomic mass is 10.1. The number of carbonyl (C=O) groups is 1. The molecule has 0 aliphatic heterocycles. The van der Waals surface area contributed by atoms with Crippen molar-refractivity contribution in [3.05, 3.63) is 69.7 Å². The van der Waals surface area contributed by atoms with Gasteiger partial charge in [0.2, 0.25) is 5.91 Å². The zero-order chi connectivity index (χ0) is 16.8. The van der Waals surface area contributed by atoms with Crippen molar-refractivity contribution in [2.24, 2.45) is 0 Å². The standard InChI is InChI=1S/C18H20Cl2N2O/c1-13(16-9-8-15(19)10-17(16)20)21-18(23)12-22(2)11-14-6-4-3-5-7-14/h3-10,13H,11-12H2,1-2H3,(H,21,23)/t13-/m0/s1. The van der Waals surface area contributed by atoms with Gasteiger partial charge in [0.1, 0.15) is 0 Å². The third-order valence-corrected chi connectivity index (χ3v) is 4.08. The average Bonchev–Trinajstić information content (AvgIpc) is 2.47. The predicted octanol–water partition coefficient (Wildman–Crippen LogP) is 4.30. The normalized spacial score (nSPS) is 12.2. The summed E-state index contributed by atoms with van der Waals surface area (Å²) in [6.07, 6.45) is 0. The third-order valence-electron chi connectivity index (χ3n) is 3.52. The van der Waals surface area contributed by atoms with E-state index < -0.39 is 0 Å². The Kier molecular flexibility index (Phi) is 6.46. The van der Waals surface area contributed by atoms with E-state index in [0.717, 1.165) is 12.1 Å². The largest absolute Gasteiger partial charge is 0.348 e. The van der Waals surface area contributed by atoms with Gasteiger partial charge < -0.3 is 5.32 Å². The van der Waals surface area contributed by atoms with Gasteiger partial charge >= 0.3 is 0 Å². The molecule has 2 aromatic rings. The smallest absolute Gasteiger partial charge is 0.234 e. The summed E-state index contributed by atoms with van der Waals surface area (Å²) in [5.41, 5.74) is 2.03. The second kappa shape index (κ2) is 8.34. The molecule has 0 bridgehead atoms. The zero-order valence-electron chi connectivity index (χ0n) is 13.2. The maximum Gasteiger partial charge on any atom is 0.234 e. The molecule has 0 saturated carbocycles. The maximum atomic E-state index is 12.2. The molecular weight excluding hydrogens is 331 g/mol. The Morgan fingerprint density at radius 1 is 1.17 bits per heavy atom. The molecule has 0 spiro atoms. The molecule has 5 heteroatoms. The Morgan fingerprint density at radius 3 is 2.52 bits per heavy atom. The molecule has 0 unspecified atom stereocenters. The number of nitrogens with zero attached hydrogens (tertiary/aromatic N) is 1. The van der Waals surface area contributed by atoms with Gasteiger partial charge in [-0.15, -0.1) is 0 Å². The van der Waals surface area contributed by atoms with Crippen LogP contribution in [-0.2, 0) is 11.3 Å². The minimum Gasteiger partial charge on any atom is -0.348 e. The van der Waals surface area contributed by atoms with Gasteiger partial charge in [-0.25, -0.2) is 0 Å². The highest BCUT2D eigenvalue weighted by atomic mass is 35.5. The number of likely N-dealkylation sites (N-methyl/N-ethyl adjacent to an activating group) is 1. The van der Waals surface area contributed by atoms with Crippen molar-refractivity contribution in [1.82, 2.24) is 10.2 Å². The zero-order valence-corrected chi connectivity index (χ0v) is 14.7. The minimum absolute atomic E-state index is 0.0399. The Hall–Kier alpha value is -1.55. The highest BCUT2D eigenvalue weighted by Gasteiger charge is 2.14. The van der Waals surface area contributed by atoms with Crippen LogP contribution in [0.5, 0.6) is 0 Å². The predicted molar refractivity (Wildman–Crippen MR) is 95.8 cm³/mol. The van der Waals surface area contributed by atoms with E-state index in [1.54, 1.807) is 12.1 Å². The van der Waals surface area contributed by atoms with Crippen LogP contribution in [0.4, 0.5) is 0 Å². The van der Waals surface area contributed by atoms with Gasteiger partial charge in [-0.2, -0.15) is 0 Å². The van der Waals surface area contributed by atoms with Crippen molar-refractivity contribution in [3.8, 4) is 0 Å². The van der Waals surface area contributed by atoms with Gasteiger partial charge in [0.05, 0.1) is 12.6 Å². The summed E-state index contributed by atoms with van der Waals surface area (Å²) in [5, 5.41) is 4.11. The van der Waals surface area contributed by atoms with Crippen molar-refractivity contribution < 1.29 is 4.79 Å². The van der Waals surface area contributed by atoms with Gasteiger partial charge in [0.15, 0.2) is 0 Å². The average molecular weight is 351 g/mol. The van der Waals surface area contributed by atoms with Crippen molar-refractivity contribution in [3.63, 3.8) is 0 Å². The van der Waals surface area contributed by atoms with E-state index in [0.29, 0.717) is 16.6 Å². The van der Waals surface area contributed by atoms with Gasteiger partial charge in [-0.05, 0) is 37.2 Å². The fourth-order valence-electron chi connectivity index (χ4n) is 2.41. The van der Waals surface area contributed by atoms with Crippen LogP contribution in [0, 0.1) is 0 Å². The molecule has 2 aromatic carbocycles. The molecule has 0 aliphatic rings. The summed E-state index contributed by atoms with van der Waals surface area (Å²) < 4.78 is 0. The number of benzene rings is 2. The third kappa shape index (κ3) is 5.54. The molecule has 3 nitrogen and oxygen atoms in total. The van der Waals surface area contributed by atoms with Crippen LogP contribution in [0.2, 0.25) is 10.0 Å². The molecule has 0 aromatic heterocycles. The number of halogens is 2. The molecule has 0 fully saturated rings. The second-order valence-electron chi connectivity index (χ2n) is 5.61. The van der Waals surface area contributed by atoms with Crippen molar-refractivity contribution in [2.75, 3.05) is 13.6 Å². The summed E-state index contributed by atoms with van der Waals surface area (Å²) >= 11 is 12.1. The summed E-state index contributed by atoms with van der Waals surface area (Å²) in [7, 11) is 1.92. The Bertz CT molecular complexity index is 661. The van der Waals surface area contributed by atoms with E-state index >= 15 is 0 Å². The van der Waals surface area contributed by atoms with Crippen LogP contribution in [0.25, 0.3) is 0 Å². The van der Waals surface area contributed by atoms with Crippen LogP contribution in [0.3, 0.4) is 0 Å². The fraction of sp³-hybridized carbons (Fsp3) is 0.278. The summed E-state index contributed by atoms with van der Waals surface area (Å²) in [6, 6.07) is 15.2. The molecule has 122 valence electrons. The SMILES string of the molecule is C[C@H](NC(=O)CN(C)Cc1ccccc1)c1ccc(Cl)cc1Cl. The number of hydrogen-bond acceptors (Lipinski definition) is 2. The summed E-state index contributed by atoms with van der Waals surface area (Å²) in [6.45, 7) is 2.96. The van der Waals surface area contributed by atoms with E-state index in [1.165, 1.54) is 5.56 Å². The van der Waals surface area contributed by atoms with E-state index in [-0.39, 0.29) is 11.9 Å². The first kappa shape index (κ1) is 17.8. The van der Waals surface area contributed by atoms with Gasteiger partial charge in [0.25, 0.3) is 0 Å². The van der Waals surface area contributed by atoms with Gasteiger partial charge in [-0.1, -0.05) is 59.6 Å². The molecule has 2 rings (SSSR count). The molecule has 0 radical (unpaired) electrons. The van der Waals surface area contributed by atoms with E-state index in [4.69, 9.17) is 23.2 Å².